The van der Waals surface area contributed by atoms with Crippen LogP contribution in [0.15, 0.2) is 30.3 Å². The fourth-order valence-electron chi connectivity index (χ4n) is 3.42. The summed E-state index contributed by atoms with van der Waals surface area (Å²) >= 11 is 1.33. The number of thiazole rings is 1. The number of rotatable bonds is 4. The molecule has 3 aromatic rings. The van der Waals surface area contributed by atoms with Gasteiger partial charge in [0, 0.05) is 31.9 Å². The fourth-order valence-corrected chi connectivity index (χ4v) is 4.30. The lowest BCUT2D eigenvalue weighted by Crippen LogP contribution is -2.43. The normalized spacial score (nSPS) is 14.3. The molecule has 8 heteroatoms. The van der Waals surface area contributed by atoms with Gasteiger partial charge in [0.1, 0.15) is 17.1 Å². The number of nitrogens with one attached hydrogen (secondary N) is 2. The molecule has 2 aromatic carbocycles. The zero-order chi connectivity index (χ0) is 19.7. The largest absolute Gasteiger partial charge is 0.494 e. The van der Waals surface area contributed by atoms with Crippen molar-refractivity contribution in [3.63, 3.8) is 0 Å². The van der Waals surface area contributed by atoms with Crippen molar-refractivity contribution in [3.8, 4) is 5.75 Å². The average molecular weight is 400 g/mol. The van der Waals surface area contributed by atoms with Crippen molar-refractivity contribution in [1.29, 1.82) is 0 Å². The third-order valence-electron chi connectivity index (χ3n) is 4.80. The number of benzene rings is 2. The number of hydrogen-bond acceptors (Lipinski definition) is 6. The predicted molar refractivity (Wildman–Crippen MR) is 110 cm³/mol. The maximum atomic E-state index is 14.8. The summed E-state index contributed by atoms with van der Waals surface area (Å²) in [4.78, 5) is 19.3. The maximum Gasteiger partial charge on any atom is 0.260 e. The van der Waals surface area contributed by atoms with E-state index in [0.29, 0.717) is 22.0 Å². The Kier molecular flexibility index (Phi) is 5.15. The molecular formula is C20H21FN4O2S. The number of anilines is 2. The van der Waals surface area contributed by atoms with Crippen LogP contribution in [0.4, 0.5) is 15.2 Å². The molecule has 0 bridgehead atoms. The molecule has 0 atom stereocenters. The summed E-state index contributed by atoms with van der Waals surface area (Å²) in [6, 6.07) is 8.88. The van der Waals surface area contributed by atoms with Crippen molar-refractivity contribution in [3.05, 3.63) is 47.3 Å². The predicted octanol–water partition coefficient (Wildman–Crippen LogP) is 3.41. The molecule has 2 N–H and O–H groups in total. The van der Waals surface area contributed by atoms with E-state index in [2.05, 4.69) is 20.5 Å². The minimum atomic E-state index is -0.523. The Morgan fingerprint density at radius 2 is 2.11 bits per heavy atom. The molecular weight excluding hydrogens is 379 g/mol. The van der Waals surface area contributed by atoms with Crippen LogP contribution in [-0.2, 0) is 0 Å². The highest BCUT2D eigenvalue weighted by Gasteiger charge is 2.20. The van der Waals surface area contributed by atoms with Crippen LogP contribution in [0, 0.1) is 12.7 Å². The molecule has 1 aliphatic heterocycles. The van der Waals surface area contributed by atoms with Gasteiger partial charge in [-0.25, -0.2) is 9.37 Å². The van der Waals surface area contributed by atoms with Crippen molar-refractivity contribution in [2.75, 3.05) is 43.5 Å². The minimum absolute atomic E-state index is 0.0464. The number of hydrogen-bond donors (Lipinski definition) is 2. The monoisotopic (exact) mass is 400 g/mol. The number of carbonyl (C=O) groups excluding carboxylic acids is 1. The van der Waals surface area contributed by atoms with Gasteiger partial charge >= 0.3 is 0 Å². The number of nitrogens with zero attached hydrogens (tertiary/aromatic N) is 2. The number of aryl methyl sites for hydroxylation is 1. The Labute approximate surface area is 166 Å². The first-order chi connectivity index (χ1) is 13.6. The van der Waals surface area contributed by atoms with Gasteiger partial charge in [-0.1, -0.05) is 17.4 Å². The summed E-state index contributed by atoms with van der Waals surface area (Å²) in [5.74, 6) is -0.387. The molecule has 1 fully saturated rings. The zero-order valence-electron chi connectivity index (χ0n) is 15.7. The molecule has 0 spiro atoms. The second kappa shape index (κ2) is 7.73. The number of aromatic nitrogens is 1. The molecule has 1 amide bonds. The number of methoxy groups -OCH3 is 1. The zero-order valence-corrected chi connectivity index (χ0v) is 16.5. The summed E-state index contributed by atoms with van der Waals surface area (Å²) in [6.45, 7) is 5.12. The Morgan fingerprint density at radius 1 is 1.32 bits per heavy atom. The van der Waals surface area contributed by atoms with Crippen molar-refractivity contribution in [2.45, 2.75) is 6.92 Å². The van der Waals surface area contributed by atoms with Crippen LogP contribution < -0.4 is 20.3 Å². The smallest absolute Gasteiger partial charge is 0.260 e. The number of fused-ring (bicyclic) bond motifs is 1. The number of para-hydroxylation sites is 1. The van der Waals surface area contributed by atoms with Crippen LogP contribution in [0.1, 0.15) is 15.9 Å². The number of halogens is 1. The SMILES string of the molecule is COc1cccc2sc(NC(=O)c3c(C)cc(N4CCNCC4)cc3F)nc12. The summed E-state index contributed by atoms with van der Waals surface area (Å²) < 4.78 is 21.0. The molecule has 0 radical (unpaired) electrons. The Morgan fingerprint density at radius 3 is 2.82 bits per heavy atom. The van der Waals surface area contributed by atoms with E-state index >= 15 is 0 Å². The van der Waals surface area contributed by atoms with Crippen LogP contribution in [0.25, 0.3) is 10.2 Å². The van der Waals surface area contributed by atoms with E-state index < -0.39 is 11.7 Å². The average Bonchev–Trinajstić information content (AvgIpc) is 3.10. The van der Waals surface area contributed by atoms with Crippen molar-refractivity contribution >= 4 is 38.3 Å². The van der Waals surface area contributed by atoms with Crippen molar-refractivity contribution in [2.24, 2.45) is 0 Å². The summed E-state index contributed by atoms with van der Waals surface area (Å²) in [7, 11) is 1.57. The van der Waals surface area contributed by atoms with E-state index in [1.54, 1.807) is 14.0 Å². The molecule has 2 heterocycles. The molecule has 146 valence electrons. The Balaban J connectivity index is 1.59. The topological polar surface area (TPSA) is 66.5 Å². The van der Waals surface area contributed by atoms with Crippen molar-refractivity contribution < 1.29 is 13.9 Å². The van der Waals surface area contributed by atoms with Crippen LogP contribution in [0.5, 0.6) is 5.75 Å². The number of amides is 1. The lowest BCUT2D eigenvalue weighted by molar-refractivity contribution is 0.102. The molecule has 0 aliphatic carbocycles. The van der Waals surface area contributed by atoms with E-state index in [9.17, 15) is 9.18 Å². The van der Waals surface area contributed by atoms with Gasteiger partial charge in [-0.05, 0) is 36.8 Å². The molecule has 1 aromatic heterocycles. The van der Waals surface area contributed by atoms with Gasteiger partial charge in [-0.15, -0.1) is 0 Å². The lowest BCUT2D eigenvalue weighted by atomic mass is 10.1. The highest BCUT2D eigenvalue weighted by atomic mass is 32.1. The van der Waals surface area contributed by atoms with Gasteiger partial charge in [0.25, 0.3) is 5.91 Å². The Bertz CT molecular complexity index is 1010. The van der Waals surface area contributed by atoms with Crippen LogP contribution in [-0.4, -0.2) is 44.2 Å². The van der Waals surface area contributed by atoms with E-state index in [4.69, 9.17) is 4.74 Å². The molecule has 28 heavy (non-hydrogen) atoms. The highest BCUT2D eigenvalue weighted by molar-refractivity contribution is 7.22. The summed E-state index contributed by atoms with van der Waals surface area (Å²) in [5, 5.41) is 6.42. The van der Waals surface area contributed by atoms with Crippen LogP contribution in [0.2, 0.25) is 0 Å². The quantitative estimate of drug-likeness (QED) is 0.703. The third-order valence-corrected chi connectivity index (χ3v) is 5.74. The maximum absolute atomic E-state index is 14.8. The second-order valence-electron chi connectivity index (χ2n) is 6.64. The Hall–Kier alpha value is -2.71. The lowest BCUT2D eigenvalue weighted by Gasteiger charge is -2.30. The van der Waals surface area contributed by atoms with Gasteiger partial charge in [-0.3, -0.25) is 10.1 Å². The summed E-state index contributed by atoms with van der Waals surface area (Å²) in [6.07, 6.45) is 0. The van der Waals surface area contributed by atoms with E-state index in [-0.39, 0.29) is 5.56 Å². The summed E-state index contributed by atoms with van der Waals surface area (Å²) in [5.41, 5.74) is 2.13. The van der Waals surface area contributed by atoms with E-state index in [0.717, 1.165) is 36.6 Å². The standard InChI is InChI=1S/C20H21FN4O2S/c1-12-10-13(25-8-6-22-7-9-25)11-14(21)17(12)19(26)24-20-23-18-15(27-2)4-3-5-16(18)28-20/h3-5,10-11,22H,6-9H2,1-2H3,(H,23,24,26). The fraction of sp³-hybridized carbons (Fsp3) is 0.300. The third kappa shape index (κ3) is 3.53. The van der Waals surface area contributed by atoms with Crippen LogP contribution >= 0.6 is 11.3 Å². The van der Waals surface area contributed by atoms with Crippen molar-refractivity contribution in [1.82, 2.24) is 10.3 Å². The van der Waals surface area contributed by atoms with Gasteiger partial charge in [0.05, 0.1) is 17.4 Å². The van der Waals surface area contributed by atoms with E-state index in [1.165, 1.54) is 17.4 Å². The first-order valence-electron chi connectivity index (χ1n) is 9.07. The first-order valence-corrected chi connectivity index (χ1v) is 9.89. The van der Waals surface area contributed by atoms with Crippen LogP contribution in [0.3, 0.4) is 0 Å². The number of piperazine rings is 1. The molecule has 4 rings (SSSR count). The number of ether oxygens (including phenoxy) is 1. The molecule has 1 saturated heterocycles. The number of carbonyl (C=O) groups is 1. The minimum Gasteiger partial charge on any atom is -0.494 e. The van der Waals surface area contributed by atoms with Gasteiger partial charge in [0.2, 0.25) is 0 Å². The van der Waals surface area contributed by atoms with Gasteiger partial charge in [0.15, 0.2) is 5.13 Å². The van der Waals surface area contributed by atoms with Gasteiger partial charge in [-0.2, -0.15) is 0 Å². The molecule has 6 nitrogen and oxygen atoms in total. The first kappa shape index (κ1) is 18.6. The second-order valence-corrected chi connectivity index (χ2v) is 7.67. The van der Waals surface area contributed by atoms with E-state index in [1.807, 2.05) is 24.3 Å². The highest BCUT2D eigenvalue weighted by Crippen LogP contribution is 2.32. The molecule has 0 unspecified atom stereocenters. The molecule has 1 aliphatic rings. The van der Waals surface area contributed by atoms with Gasteiger partial charge < -0.3 is 15.0 Å². The molecule has 0 saturated carbocycles.